The number of amides is 3. The largest absolute Gasteiger partial charge is 0.352 e. The van der Waals surface area contributed by atoms with Crippen molar-refractivity contribution in [1.82, 2.24) is 5.32 Å². The number of nitrogens with one attached hydrogen (secondary N) is 2. The zero-order valence-electron chi connectivity index (χ0n) is 11.7. The van der Waals surface area contributed by atoms with Crippen molar-refractivity contribution < 1.29 is 9.59 Å². The molecule has 1 heterocycles. The third-order valence-electron chi connectivity index (χ3n) is 2.91. The fourth-order valence-corrected chi connectivity index (χ4v) is 2.75. The molecule has 0 aliphatic rings. The Balaban J connectivity index is 2.05. The summed E-state index contributed by atoms with van der Waals surface area (Å²) in [6.07, 6.45) is 5.41. The molecule has 0 aliphatic carbocycles. The first-order valence-electron chi connectivity index (χ1n) is 6.54. The maximum absolute atomic E-state index is 12.1. The molecular weight excluding hydrogens is 298 g/mol. The summed E-state index contributed by atoms with van der Waals surface area (Å²) in [5.74, 6) is 2.27. The summed E-state index contributed by atoms with van der Waals surface area (Å²) in [7, 11) is 0. The van der Waals surface area contributed by atoms with E-state index in [1.807, 2.05) is 17.5 Å². The first kappa shape index (κ1) is 15.6. The monoisotopic (exact) mass is 313 g/mol. The average molecular weight is 313 g/mol. The van der Waals surface area contributed by atoms with E-state index in [0.29, 0.717) is 11.3 Å². The Morgan fingerprint density at radius 2 is 2.14 bits per heavy atom. The van der Waals surface area contributed by atoms with Gasteiger partial charge in [0.1, 0.15) is 0 Å². The van der Waals surface area contributed by atoms with Crippen LogP contribution in [0.1, 0.15) is 22.9 Å². The molecule has 2 rings (SSSR count). The zero-order valence-corrected chi connectivity index (χ0v) is 12.5. The minimum absolute atomic E-state index is 0.0870. The molecule has 22 heavy (non-hydrogen) atoms. The lowest BCUT2D eigenvalue weighted by Gasteiger charge is -2.16. The molecule has 0 spiro atoms. The Hall–Kier alpha value is -2.78. The van der Waals surface area contributed by atoms with E-state index in [0.717, 1.165) is 4.88 Å². The third-order valence-corrected chi connectivity index (χ3v) is 3.89. The van der Waals surface area contributed by atoms with Gasteiger partial charge >= 0.3 is 6.03 Å². The van der Waals surface area contributed by atoms with Gasteiger partial charge in [-0.25, -0.2) is 4.79 Å². The molecule has 1 atom stereocenters. The highest BCUT2D eigenvalue weighted by atomic mass is 32.1. The molecule has 0 saturated heterocycles. The molecule has 1 unspecified atom stereocenters. The molecule has 0 bridgehead atoms. The van der Waals surface area contributed by atoms with Gasteiger partial charge in [-0.1, -0.05) is 18.1 Å². The summed E-state index contributed by atoms with van der Waals surface area (Å²) in [5, 5.41) is 7.21. The Labute approximate surface area is 132 Å². The summed E-state index contributed by atoms with van der Waals surface area (Å²) in [4.78, 5) is 24.1. The number of rotatable bonds is 5. The number of carbonyl (C=O) groups excluding carboxylic acids is 2. The van der Waals surface area contributed by atoms with Crippen molar-refractivity contribution in [2.45, 2.75) is 12.5 Å². The average Bonchev–Trinajstić information content (AvgIpc) is 3.00. The van der Waals surface area contributed by atoms with Crippen LogP contribution >= 0.6 is 11.3 Å². The second-order valence-corrected chi connectivity index (χ2v) is 5.53. The van der Waals surface area contributed by atoms with Crippen molar-refractivity contribution in [2.75, 3.05) is 5.32 Å². The van der Waals surface area contributed by atoms with Crippen LogP contribution in [0, 0.1) is 12.3 Å². The summed E-state index contributed by atoms with van der Waals surface area (Å²) < 4.78 is 0. The maximum Gasteiger partial charge on any atom is 0.312 e. The predicted octanol–water partition coefficient (Wildman–Crippen LogP) is 2.47. The Morgan fingerprint density at radius 3 is 2.77 bits per heavy atom. The van der Waals surface area contributed by atoms with Gasteiger partial charge in [0.15, 0.2) is 0 Å². The molecule has 0 aliphatic heterocycles. The molecule has 1 aromatic carbocycles. The van der Waals surface area contributed by atoms with Crippen molar-refractivity contribution in [3.63, 3.8) is 0 Å². The Bertz CT molecular complexity index is 704. The fourth-order valence-electron chi connectivity index (χ4n) is 1.97. The van der Waals surface area contributed by atoms with E-state index in [2.05, 4.69) is 16.6 Å². The predicted molar refractivity (Wildman–Crippen MR) is 87.4 cm³/mol. The highest BCUT2D eigenvalue weighted by Gasteiger charge is 2.18. The van der Waals surface area contributed by atoms with Crippen molar-refractivity contribution >= 4 is 29.0 Å². The summed E-state index contributed by atoms with van der Waals surface area (Å²) in [6.45, 7) is 0. The van der Waals surface area contributed by atoms with Crippen LogP contribution in [-0.2, 0) is 4.79 Å². The smallest absolute Gasteiger partial charge is 0.312 e. The number of nitrogens with two attached hydrogens (primary N) is 1. The summed E-state index contributed by atoms with van der Waals surface area (Å²) >= 11 is 1.45. The number of carbonyl (C=O) groups is 2. The molecule has 0 fully saturated rings. The van der Waals surface area contributed by atoms with Gasteiger partial charge < -0.3 is 16.4 Å². The van der Waals surface area contributed by atoms with Crippen LogP contribution in [0.3, 0.4) is 0 Å². The van der Waals surface area contributed by atoms with E-state index in [-0.39, 0.29) is 12.3 Å². The lowest BCUT2D eigenvalue weighted by atomic mass is 10.1. The third kappa shape index (κ3) is 4.36. The van der Waals surface area contributed by atoms with Crippen LogP contribution < -0.4 is 16.4 Å². The van der Waals surface area contributed by atoms with Crippen LogP contribution in [0.4, 0.5) is 10.5 Å². The van der Waals surface area contributed by atoms with E-state index in [4.69, 9.17) is 12.2 Å². The number of primary amides is 1. The normalized spacial score (nSPS) is 11.2. The number of thiophene rings is 1. The van der Waals surface area contributed by atoms with Crippen LogP contribution in [-0.4, -0.2) is 11.9 Å². The van der Waals surface area contributed by atoms with Crippen molar-refractivity contribution in [2.24, 2.45) is 5.73 Å². The lowest BCUT2D eigenvalue weighted by Crippen LogP contribution is -2.34. The molecule has 3 amide bonds. The maximum atomic E-state index is 12.1. The Morgan fingerprint density at radius 1 is 1.32 bits per heavy atom. The number of terminal acetylenes is 1. The van der Waals surface area contributed by atoms with Gasteiger partial charge in [-0.05, 0) is 29.6 Å². The summed E-state index contributed by atoms with van der Waals surface area (Å²) in [6, 6.07) is 9.58. The highest BCUT2D eigenvalue weighted by molar-refractivity contribution is 7.10. The van der Waals surface area contributed by atoms with E-state index in [9.17, 15) is 9.59 Å². The fraction of sp³-hybridized carbons (Fsp3) is 0.125. The van der Waals surface area contributed by atoms with Gasteiger partial charge in [-0.15, -0.1) is 17.8 Å². The van der Waals surface area contributed by atoms with Crippen LogP contribution in [0.2, 0.25) is 0 Å². The minimum atomic E-state index is -0.666. The molecule has 6 heteroatoms. The van der Waals surface area contributed by atoms with Crippen molar-refractivity contribution in [3.05, 3.63) is 52.2 Å². The SMILES string of the molecule is C#Cc1cccc(NC(=O)CC(NC(N)=O)c2cccs2)c1. The van der Waals surface area contributed by atoms with Gasteiger partial charge in [0, 0.05) is 16.1 Å². The standard InChI is InChI=1S/C16H15N3O2S/c1-2-11-5-3-6-12(9-11)18-15(20)10-13(19-16(17)21)14-7-4-8-22-14/h1,3-9,13H,10H2,(H,18,20)(H3,17,19,21). The molecular formula is C16H15N3O2S. The second kappa shape index (κ2) is 7.29. The molecule has 1 aromatic heterocycles. The summed E-state index contributed by atoms with van der Waals surface area (Å²) in [5.41, 5.74) is 6.46. The quantitative estimate of drug-likeness (QED) is 0.741. The van der Waals surface area contributed by atoms with Gasteiger partial charge in [0.25, 0.3) is 0 Å². The van der Waals surface area contributed by atoms with Crippen LogP contribution in [0.5, 0.6) is 0 Å². The molecule has 0 radical (unpaired) electrons. The molecule has 112 valence electrons. The minimum Gasteiger partial charge on any atom is -0.352 e. The van der Waals surface area contributed by atoms with Gasteiger partial charge in [-0.2, -0.15) is 0 Å². The number of benzene rings is 1. The van der Waals surface area contributed by atoms with E-state index in [1.165, 1.54) is 11.3 Å². The first-order chi connectivity index (χ1) is 10.6. The van der Waals surface area contributed by atoms with Crippen molar-refractivity contribution in [3.8, 4) is 12.3 Å². The highest BCUT2D eigenvalue weighted by Crippen LogP contribution is 2.22. The van der Waals surface area contributed by atoms with Gasteiger partial charge in [-0.3, -0.25) is 4.79 Å². The molecule has 0 saturated carbocycles. The number of hydrogen-bond acceptors (Lipinski definition) is 3. The molecule has 4 N–H and O–H groups in total. The number of urea groups is 1. The van der Waals surface area contributed by atoms with Gasteiger partial charge in [0.05, 0.1) is 12.5 Å². The molecule has 5 nitrogen and oxygen atoms in total. The van der Waals surface area contributed by atoms with E-state index < -0.39 is 12.1 Å². The van der Waals surface area contributed by atoms with Crippen molar-refractivity contribution in [1.29, 1.82) is 0 Å². The van der Waals surface area contributed by atoms with Crippen LogP contribution in [0.25, 0.3) is 0 Å². The lowest BCUT2D eigenvalue weighted by molar-refractivity contribution is -0.116. The second-order valence-electron chi connectivity index (χ2n) is 4.55. The molecule has 2 aromatic rings. The first-order valence-corrected chi connectivity index (χ1v) is 7.42. The topological polar surface area (TPSA) is 84.2 Å². The van der Waals surface area contributed by atoms with Crippen LogP contribution in [0.15, 0.2) is 41.8 Å². The Kier molecular flexibility index (Phi) is 5.17. The number of anilines is 1. The zero-order chi connectivity index (χ0) is 15.9. The number of hydrogen-bond donors (Lipinski definition) is 3. The van der Waals surface area contributed by atoms with Gasteiger partial charge in [0.2, 0.25) is 5.91 Å². The van der Waals surface area contributed by atoms with E-state index >= 15 is 0 Å². The van der Waals surface area contributed by atoms with E-state index in [1.54, 1.807) is 24.3 Å².